The number of hydrogen-bond acceptors (Lipinski definition) is 3. The molecular weight excluding hydrogens is 210 g/mol. The first kappa shape index (κ1) is 10.2. The molecule has 0 bridgehead atoms. The van der Waals surface area contributed by atoms with Crippen LogP contribution < -0.4 is 5.32 Å². The van der Waals surface area contributed by atoms with Crippen LogP contribution in [0.25, 0.3) is 11.0 Å². The lowest BCUT2D eigenvalue weighted by molar-refractivity contribution is 0.977. The zero-order valence-electron chi connectivity index (χ0n) is 8.44. The third-order valence-electron chi connectivity index (χ3n) is 2.01. The average molecular weight is 222 g/mol. The van der Waals surface area contributed by atoms with Gasteiger partial charge in [-0.05, 0) is 19.1 Å². The van der Waals surface area contributed by atoms with E-state index in [0.717, 1.165) is 16.9 Å². The van der Waals surface area contributed by atoms with Crippen molar-refractivity contribution in [3.8, 4) is 0 Å². The van der Waals surface area contributed by atoms with Gasteiger partial charge in [-0.3, -0.25) is 4.98 Å². The zero-order chi connectivity index (χ0) is 10.7. The molecule has 0 aliphatic carbocycles. The Labute approximate surface area is 93.5 Å². The fourth-order valence-electron chi connectivity index (χ4n) is 1.29. The highest BCUT2D eigenvalue weighted by atomic mass is 35.5. The molecule has 0 spiro atoms. The van der Waals surface area contributed by atoms with E-state index in [2.05, 4.69) is 15.3 Å². The van der Waals surface area contributed by atoms with Crippen molar-refractivity contribution in [3.05, 3.63) is 30.5 Å². The van der Waals surface area contributed by atoms with Gasteiger partial charge in [-0.25, -0.2) is 4.98 Å². The molecule has 15 heavy (non-hydrogen) atoms. The summed E-state index contributed by atoms with van der Waals surface area (Å²) in [5.74, 6) is 0.765. The molecule has 0 aliphatic heterocycles. The first-order valence-electron chi connectivity index (χ1n) is 4.85. The minimum atomic E-state index is 0.0817. The van der Waals surface area contributed by atoms with Crippen molar-refractivity contribution in [2.45, 2.75) is 12.3 Å². The van der Waals surface area contributed by atoms with E-state index >= 15 is 0 Å². The lowest BCUT2D eigenvalue weighted by Crippen LogP contribution is -2.11. The van der Waals surface area contributed by atoms with Gasteiger partial charge in [0.1, 0.15) is 5.82 Å². The van der Waals surface area contributed by atoms with Crippen LogP contribution in [-0.4, -0.2) is 21.9 Å². The molecule has 2 aromatic rings. The number of hydrogen-bond donors (Lipinski definition) is 1. The molecule has 3 nitrogen and oxygen atoms in total. The van der Waals surface area contributed by atoms with Crippen LogP contribution in [-0.2, 0) is 0 Å². The standard InChI is InChI=1S/C11H12ClN3/c1-8(12)6-14-11-7-13-9-4-2-3-5-10(9)15-11/h2-5,7-8H,6H2,1H3,(H,14,15). The van der Waals surface area contributed by atoms with E-state index in [1.54, 1.807) is 6.20 Å². The molecule has 0 saturated carbocycles. The number of benzene rings is 1. The molecule has 4 heteroatoms. The van der Waals surface area contributed by atoms with Gasteiger partial charge in [0.15, 0.2) is 0 Å². The van der Waals surface area contributed by atoms with Crippen LogP contribution in [0.15, 0.2) is 30.5 Å². The van der Waals surface area contributed by atoms with Gasteiger partial charge < -0.3 is 5.32 Å². The van der Waals surface area contributed by atoms with Gasteiger partial charge in [-0.15, -0.1) is 11.6 Å². The summed E-state index contributed by atoms with van der Waals surface area (Å²) in [6.45, 7) is 2.62. The van der Waals surface area contributed by atoms with Crippen LogP contribution in [0.2, 0.25) is 0 Å². The Morgan fingerprint density at radius 2 is 2.07 bits per heavy atom. The second-order valence-electron chi connectivity index (χ2n) is 3.41. The van der Waals surface area contributed by atoms with Gasteiger partial charge in [0.05, 0.1) is 17.2 Å². The molecule has 0 saturated heterocycles. The maximum Gasteiger partial charge on any atom is 0.145 e. The predicted molar refractivity (Wildman–Crippen MR) is 63.3 cm³/mol. The van der Waals surface area contributed by atoms with Crippen molar-refractivity contribution in [2.24, 2.45) is 0 Å². The quantitative estimate of drug-likeness (QED) is 0.810. The molecule has 2 rings (SSSR count). The fraction of sp³-hybridized carbons (Fsp3) is 0.273. The summed E-state index contributed by atoms with van der Waals surface area (Å²) in [7, 11) is 0. The van der Waals surface area contributed by atoms with E-state index in [-0.39, 0.29) is 5.38 Å². The highest BCUT2D eigenvalue weighted by Crippen LogP contribution is 2.11. The van der Waals surface area contributed by atoms with Crippen LogP contribution >= 0.6 is 11.6 Å². The lowest BCUT2D eigenvalue weighted by atomic mass is 10.3. The minimum absolute atomic E-state index is 0.0817. The second-order valence-corrected chi connectivity index (χ2v) is 4.15. The Balaban J connectivity index is 2.23. The van der Waals surface area contributed by atoms with Gasteiger partial charge in [-0.2, -0.15) is 0 Å². The topological polar surface area (TPSA) is 37.8 Å². The molecule has 1 N–H and O–H groups in total. The van der Waals surface area contributed by atoms with Crippen molar-refractivity contribution in [1.82, 2.24) is 9.97 Å². The third kappa shape index (κ3) is 2.57. The molecule has 0 fully saturated rings. The number of rotatable bonds is 3. The van der Waals surface area contributed by atoms with Crippen LogP contribution in [0.3, 0.4) is 0 Å². The summed E-state index contributed by atoms with van der Waals surface area (Å²) in [4.78, 5) is 8.71. The smallest absolute Gasteiger partial charge is 0.145 e. The molecule has 78 valence electrons. The average Bonchev–Trinajstić information content (AvgIpc) is 2.26. The Bertz CT molecular complexity index is 456. The van der Waals surface area contributed by atoms with Crippen molar-refractivity contribution in [3.63, 3.8) is 0 Å². The van der Waals surface area contributed by atoms with E-state index in [1.807, 2.05) is 31.2 Å². The monoisotopic (exact) mass is 221 g/mol. The van der Waals surface area contributed by atoms with E-state index in [0.29, 0.717) is 6.54 Å². The molecule has 1 unspecified atom stereocenters. The van der Waals surface area contributed by atoms with Crippen molar-refractivity contribution < 1.29 is 0 Å². The number of halogens is 1. The number of fused-ring (bicyclic) bond motifs is 1. The first-order valence-corrected chi connectivity index (χ1v) is 5.29. The molecule has 1 aromatic heterocycles. The van der Waals surface area contributed by atoms with E-state index < -0.39 is 0 Å². The summed E-state index contributed by atoms with van der Waals surface area (Å²) in [5, 5.41) is 3.21. The number of alkyl halides is 1. The van der Waals surface area contributed by atoms with Crippen molar-refractivity contribution in [2.75, 3.05) is 11.9 Å². The van der Waals surface area contributed by atoms with E-state index in [1.165, 1.54) is 0 Å². The van der Waals surface area contributed by atoms with Crippen molar-refractivity contribution in [1.29, 1.82) is 0 Å². The second kappa shape index (κ2) is 4.45. The summed E-state index contributed by atoms with van der Waals surface area (Å²) in [5.41, 5.74) is 1.80. The van der Waals surface area contributed by atoms with E-state index in [9.17, 15) is 0 Å². The zero-order valence-corrected chi connectivity index (χ0v) is 9.20. The largest absolute Gasteiger partial charge is 0.367 e. The summed E-state index contributed by atoms with van der Waals surface area (Å²) >= 11 is 5.84. The maximum absolute atomic E-state index is 5.84. The highest BCUT2D eigenvalue weighted by molar-refractivity contribution is 6.20. The third-order valence-corrected chi connectivity index (χ3v) is 2.17. The van der Waals surface area contributed by atoms with Crippen LogP contribution in [0.4, 0.5) is 5.82 Å². The van der Waals surface area contributed by atoms with Gasteiger partial charge in [0, 0.05) is 11.9 Å². The summed E-state index contributed by atoms with van der Waals surface area (Å²) < 4.78 is 0. The van der Waals surface area contributed by atoms with Gasteiger partial charge in [-0.1, -0.05) is 12.1 Å². The highest BCUT2D eigenvalue weighted by Gasteiger charge is 2.00. The maximum atomic E-state index is 5.84. The molecule has 0 aliphatic rings. The number of aromatic nitrogens is 2. The predicted octanol–water partition coefficient (Wildman–Crippen LogP) is 2.67. The summed E-state index contributed by atoms with van der Waals surface area (Å²) in [6, 6.07) is 7.78. The fourth-order valence-corrected chi connectivity index (χ4v) is 1.36. The van der Waals surface area contributed by atoms with Crippen LogP contribution in [0.1, 0.15) is 6.92 Å². The van der Waals surface area contributed by atoms with Crippen molar-refractivity contribution >= 4 is 28.5 Å². The number of nitrogens with one attached hydrogen (secondary N) is 1. The number of para-hydroxylation sites is 2. The number of nitrogens with zero attached hydrogens (tertiary/aromatic N) is 2. The first-order chi connectivity index (χ1) is 7.25. The molecule has 0 radical (unpaired) electrons. The molecule has 1 heterocycles. The molecule has 1 aromatic carbocycles. The number of anilines is 1. The Hall–Kier alpha value is -1.35. The lowest BCUT2D eigenvalue weighted by Gasteiger charge is -2.06. The molecule has 1 atom stereocenters. The van der Waals surface area contributed by atoms with Crippen LogP contribution in [0.5, 0.6) is 0 Å². The molecular formula is C11H12ClN3. The van der Waals surface area contributed by atoms with Crippen LogP contribution in [0, 0.1) is 0 Å². The Morgan fingerprint density at radius 3 is 2.80 bits per heavy atom. The van der Waals surface area contributed by atoms with Gasteiger partial charge >= 0.3 is 0 Å². The Kier molecular flexibility index (Phi) is 3.02. The Morgan fingerprint density at radius 1 is 1.33 bits per heavy atom. The SMILES string of the molecule is CC(Cl)CNc1cnc2ccccc2n1. The molecule has 0 amide bonds. The van der Waals surface area contributed by atoms with Gasteiger partial charge in [0.25, 0.3) is 0 Å². The summed E-state index contributed by atoms with van der Waals surface area (Å²) in [6.07, 6.45) is 1.72. The van der Waals surface area contributed by atoms with E-state index in [4.69, 9.17) is 11.6 Å². The van der Waals surface area contributed by atoms with Gasteiger partial charge in [0.2, 0.25) is 0 Å². The normalized spacial score (nSPS) is 12.7. The minimum Gasteiger partial charge on any atom is -0.367 e.